The summed E-state index contributed by atoms with van der Waals surface area (Å²) in [4.78, 5) is 1.41. The fraction of sp³-hybridized carbons (Fsp3) is 0.312. The fourth-order valence-electron chi connectivity index (χ4n) is 2.43. The summed E-state index contributed by atoms with van der Waals surface area (Å²) in [5, 5.41) is 9.25. The van der Waals surface area contributed by atoms with Crippen LogP contribution in [0.25, 0.3) is 10.1 Å². The summed E-state index contributed by atoms with van der Waals surface area (Å²) in [7, 11) is 0. The third-order valence-electron chi connectivity index (χ3n) is 3.42. The first-order chi connectivity index (χ1) is 10.3. The first-order valence-electron chi connectivity index (χ1n) is 7.16. The summed E-state index contributed by atoms with van der Waals surface area (Å²) in [6.07, 6.45) is 5.02. The van der Waals surface area contributed by atoms with Gasteiger partial charge in [0.25, 0.3) is 0 Å². The summed E-state index contributed by atoms with van der Waals surface area (Å²) in [5.41, 5.74) is 1.38. The van der Waals surface area contributed by atoms with E-state index in [1.807, 2.05) is 28.4 Å². The van der Waals surface area contributed by atoms with Gasteiger partial charge in [0.15, 0.2) is 0 Å². The Hall–Kier alpha value is -1.17. The third kappa shape index (κ3) is 3.36. The van der Waals surface area contributed by atoms with Gasteiger partial charge in [0.05, 0.1) is 17.2 Å². The van der Waals surface area contributed by atoms with Crippen LogP contribution in [-0.4, -0.2) is 16.3 Å². The number of benzene rings is 1. The number of nitrogens with zero attached hydrogens (tertiary/aromatic N) is 2. The minimum absolute atomic E-state index is 0.818. The zero-order valence-electron chi connectivity index (χ0n) is 12.0. The Morgan fingerprint density at radius 1 is 1.33 bits per heavy atom. The maximum absolute atomic E-state index is 4.39. The number of hydrogen-bond donors (Lipinski definition) is 1. The molecule has 110 valence electrons. The average molecular weight is 364 g/mol. The number of rotatable bonds is 6. The van der Waals surface area contributed by atoms with E-state index >= 15 is 0 Å². The van der Waals surface area contributed by atoms with E-state index in [2.05, 4.69) is 57.5 Å². The third-order valence-corrected chi connectivity index (χ3v) is 5.04. The van der Waals surface area contributed by atoms with E-state index in [0.717, 1.165) is 30.5 Å². The number of hydrogen-bond acceptors (Lipinski definition) is 3. The lowest BCUT2D eigenvalue weighted by molar-refractivity contribution is 0.659. The first-order valence-corrected chi connectivity index (χ1v) is 8.77. The van der Waals surface area contributed by atoms with Gasteiger partial charge in [0.2, 0.25) is 0 Å². The van der Waals surface area contributed by atoms with Gasteiger partial charge in [-0.05, 0) is 45.9 Å². The smallest absolute Gasteiger partial charge is 0.0677 e. The zero-order valence-corrected chi connectivity index (χ0v) is 14.4. The van der Waals surface area contributed by atoms with Gasteiger partial charge in [-0.2, -0.15) is 5.10 Å². The molecular weight excluding hydrogens is 346 g/mol. The average Bonchev–Trinajstić information content (AvgIpc) is 3.05. The molecule has 1 N–H and O–H groups in total. The van der Waals surface area contributed by atoms with Crippen molar-refractivity contribution in [1.29, 1.82) is 0 Å². The van der Waals surface area contributed by atoms with Crippen molar-refractivity contribution in [3.05, 3.63) is 51.6 Å². The van der Waals surface area contributed by atoms with Crippen molar-refractivity contribution in [2.24, 2.45) is 0 Å². The van der Waals surface area contributed by atoms with Gasteiger partial charge in [-0.1, -0.05) is 25.1 Å². The molecule has 2 heterocycles. The van der Waals surface area contributed by atoms with Gasteiger partial charge < -0.3 is 5.32 Å². The molecule has 1 aromatic carbocycles. The second-order valence-electron chi connectivity index (χ2n) is 5.03. The Kier molecular flexibility index (Phi) is 4.73. The van der Waals surface area contributed by atoms with E-state index in [9.17, 15) is 0 Å². The summed E-state index contributed by atoms with van der Waals surface area (Å²) in [5.74, 6) is 0. The van der Waals surface area contributed by atoms with Crippen molar-refractivity contribution in [3.8, 4) is 0 Å². The standard InChI is InChI=1S/C16H18BrN3S/c1-2-7-18-9-16-14(11-20-10-12(17)8-19-20)13-5-3-4-6-15(13)21-16/h3-6,8,10,18H,2,7,9,11H2,1H3. The fourth-order valence-corrected chi connectivity index (χ4v) is 3.94. The highest BCUT2D eigenvalue weighted by atomic mass is 79.9. The van der Waals surface area contributed by atoms with Crippen LogP contribution in [0.3, 0.4) is 0 Å². The summed E-state index contributed by atoms with van der Waals surface area (Å²) >= 11 is 5.35. The van der Waals surface area contributed by atoms with Crippen LogP contribution in [0.2, 0.25) is 0 Å². The molecule has 21 heavy (non-hydrogen) atoms. The normalized spacial score (nSPS) is 11.3. The zero-order chi connectivity index (χ0) is 14.7. The molecule has 5 heteroatoms. The molecule has 0 amide bonds. The SMILES string of the molecule is CCCNCc1sc2ccccc2c1Cn1cc(Br)cn1. The highest BCUT2D eigenvalue weighted by Gasteiger charge is 2.12. The van der Waals surface area contributed by atoms with Gasteiger partial charge in [0.1, 0.15) is 0 Å². The summed E-state index contributed by atoms with van der Waals surface area (Å²) < 4.78 is 4.36. The van der Waals surface area contributed by atoms with Gasteiger partial charge in [-0.3, -0.25) is 4.68 Å². The van der Waals surface area contributed by atoms with Crippen molar-refractivity contribution in [1.82, 2.24) is 15.1 Å². The summed E-state index contributed by atoms with van der Waals surface area (Å²) in [6.45, 7) is 5.00. The Morgan fingerprint density at radius 3 is 2.95 bits per heavy atom. The lowest BCUT2D eigenvalue weighted by Gasteiger charge is -2.06. The largest absolute Gasteiger partial charge is 0.312 e. The predicted octanol–water partition coefficient (Wildman–Crippen LogP) is 4.41. The number of thiophene rings is 1. The van der Waals surface area contributed by atoms with Crippen LogP contribution in [0.4, 0.5) is 0 Å². The van der Waals surface area contributed by atoms with Crippen molar-refractivity contribution in [3.63, 3.8) is 0 Å². The van der Waals surface area contributed by atoms with Crippen LogP contribution in [0.1, 0.15) is 23.8 Å². The van der Waals surface area contributed by atoms with Crippen molar-refractivity contribution < 1.29 is 0 Å². The molecule has 0 saturated carbocycles. The molecule has 3 nitrogen and oxygen atoms in total. The van der Waals surface area contributed by atoms with Crippen LogP contribution >= 0.6 is 27.3 Å². The van der Waals surface area contributed by atoms with E-state index in [0.29, 0.717) is 0 Å². The van der Waals surface area contributed by atoms with Gasteiger partial charge in [-0.25, -0.2) is 0 Å². The van der Waals surface area contributed by atoms with Crippen molar-refractivity contribution in [2.75, 3.05) is 6.54 Å². The number of nitrogens with one attached hydrogen (secondary N) is 1. The molecule has 0 fully saturated rings. The van der Waals surface area contributed by atoms with Crippen LogP contribution in [0.15, 0.2) is 41.1 Å². The second-order valence-corrected chi connectivity index (χ2v) is 7.09. The highest BCUT2D eigenvalue weighted by molar-refractivity contribution is 9.10. The number of aromatic nitrogens is 2. The lowest BCUT2D eigenvalue weighted by atomic mass is 10.1. The minimum Gasteiger partial charge on any atom is -0.312 e. The molecule has 3 rings (SSSR count). The lowest BCUT2D eigenvalue weighted by Crippen LogP contribution is -2.14. The minimum atomic E-state index is 0.818. The molecule has 0 saturated heterocycles. The van der Waals surface area contributed by atoms with Gasteiger partial charge >= 0.3 is 0 Å². The topological polar surface area (TPSA) is 29.9 Å². The maximum Gasteiger partial charge on any atom is 0.0677 e. The van der Waals surface area contributed by atoms with E-state index in [1.165, 1.54) is 20.5 Å². The van der Waals surface area contributed by atoms with Gasteiger partial charge in [0, 0.05) is 22.3 Å². The molecular formula is C16H18BrN3S. The molecule has 0 atom stereocenters. The molecule has 0 bridgehead atoms. The van der Waals surface area contributed by atoms with Crippen LogP contribution in [-0.2, 0) is 13.1 Å². The number of fused-ring (bicyclic) bond motifs is 1. The van der Waals surface area contributed by atoms with E-state index in [4.69, 9.17) is 0 Å². The monoisotopic (exact) mass is 363 g/mol. The van der Waals surface area contributed by atoms with Crippen LogP contribution in [0, 0.1) is 0 Å². The Morgan fingerprint density at radius 2 is 2.19 bits per heavy atom. The first kappa shape index (κ1) is 14.8. The van der Waals surface area contributed by atoms with Crippen LogP contribution < -0.4 is 5.32 Å². The molecule has 0 spiro atoms. The maximum atomic E-state index is 4.39. The number of halogens is 1. The Bertz CT molecular complexity index is 732. The molecule has 2 aromatic heterocycles. The molecule has 0 aliphatic rings. The van der Waals surface area contributed by atoms with Crippen molar-refractivity contribution >= 4 is 37.4 Å². The van der Waals surface area contributed by atoms with Crippen LogP contribution in [0.5, 0.6) is 0 Å². The molecule has 0 radical (unpaired) electrons. The predicted molar refractivity (Wildman–Crippen MR) is 92.9 cm³/mol. The Labute approximate surface area is 137 Å². The van der Waals surface area contributed by atoms with E-state index < -0.39 is 0 Å². The molecule has 3 aromatic rings. The highest BCUT2D eigenvalue weighted by Crippen LogP contribution is 2.32. The summed E-state index contributed by atoms with van der Waals surface area (Å²) in [6, 6.07) is 8.63. The van der Waals surface area contributed by atoms with Gasteiger partial charge in [-0.15, -0.1) is 11.3 Å². The molecule has 0 aliphatic heterocycles. The second kappa shape index (κ2) is 6.73. The molecule has 0 aliphatic carbocycles. The Balaban J connectivity index is 1.94. The van der Waals surface area contributed by atoms with E-state index in [-0.39, 0.29) is 0 Å². The molecule has 0 unspecified atom stereocenters. The van der Waals surface area contributed by atoms with E-state index in [1.54, 1.807) is 0 Å². The quantitative estimate of drug-likeness (QED) is 0.657. The van der Waals surface area contributed by atoms with Crippen molar-refractivity contribution in [2.45, 2.75) is 26.4 Å².